The van der Waals surface area contributed by atoms with Gasteiger partial charge >= 0.3 is 0 Å². The van der Waals surface area contributed by atoms with E-state index in [1.165, 1.54) is 6.07 Å². The maximum atomic E-state index is 13.5. The van der Waals surface area contributed by atoms with Gasteiger partial charge in [-0.15, -0.1) is 0 Å². The highest BCUT2D eigenvalue weighted by Gasteiger charge is 2.06. The Bertz CT molecular complexity index is 508. The molecular weight excluding hydrogens is 241 g/mol. The molecule has 0 spiro atoms. The molecule has 2 rings (SSSR count). The van der Waals surface area contributed by atoms with Crippen molar-refractivity contribution in [3.05, 3.63) is 46.6 Å². The number of aryl methyl sites for hydroxylation is 2. The molecule has 2 aromatic rings. The third kappa shape index (κ3) is 2.71. The molecule has 0 fully saturated rings. The highest BCUT2D eigenvalue weighted by Crippen LogP contribution is 2.22. The Labute approximate surface area is 104 Å². The van der Waals surface area contributed by atoms with Crippen molar-refractivity contribution in [3.63, 3.8) is 0 Å². The molecule has 0 saturated carbocycles. The second-order valence-corrected chi connectivity index (χ2v) is 4.12. The van der Waals surface area contributed by atoms with Crippen LogP contribution in [0, 0.1) is 19.7 Å². The van der Waals surface area contributed by atoms with Gasteiger partial charge < -0.3 is 5.32 Å². The van der Waals surface area contributed by atoms with Crippen LogP contribution in [0.5, 0.6) is 0 Å². The third-order valence-electron chi connectivity index (χ3n) is 2.32. The Hall–Kier alpha value is -1.68. The zero-order valence-electron chi connectivity index (χ0n) is 9.46. The van der Waals surface area contributed by atoms with Crippen LogP contribution >= 0.6 is 11.6 Å². The van der Waals surface area contributed by atoms with Gasteiger partial charge in [0.15, 0.2) is 0 Å². The van der Waals surface area contributed by atoms with Crippen LogP contribution in [0.15, 0.2) is 24.4 Å². The Morgan fingerprint density at radius 1 is 1.29 bits per heavy atom. The van der Waals surface area contributed by atoms with Gasteiger partial charge in [-0.25, -0.2) is 14.4 Å². The number of hydrogen-bond acceptors (Lipinski definition) is 3. The Balaban J connectivity index is 2.37. The minimum Gasteiger partial charge on any atom is -0.337 e. The molecule has 0 aliphatic heterocycles. The van der Waals surface area contributed by atoms with Gasteiger partial charge in [0.2, 0.25) is 5.28 Å². The average molecular weight is 252 g/mol. The molecule has 0 unspecified atom stereocenters. The first kappa shape index (κ1) is 11.8. The largest absolute Gasteiger partial charge is 0.337 e. The minimum atomic E-state index is -0.329. The molecule has 5 heteroatoms. The zero-order valence-corrected chi connectivity index (χ0v) is 10.2. The van der Waals surface area contributed by atoms with E-state index in [-0.39, 0.29) is 11.1 Å². The summed E-state index contributed by atoms with van der Waals surface area (Å²) in [6.07, 6.45) is 1.59. The number of nitrogens with one attached hydrogen (secondary N) is 1. The van der Waals surface area contributed by atoms with E-state index in [1.54, 1.807) is 18.3 Å². The fourth-order valence-corrected chi connectivity index (χ4v) is 1.54. The fourth-order valence-electron chi connectivity index (χ4n) is 1.41. The molecule has 0 bridgehead atoms. The first-order valence-electron chi connectivity index (χ1n) is 5.08. The van der Waals surface area contributed by atoms with Gasteiger partial charge in [-0.05, 0) is 43.1 Å². The Kier molecular flexibility index (Phi) is 3.24. The quantitative estimate of drug-likeness (QED) is 0.829. The van der Waals surface area contributed by atoms with Crippen LogP contribution in [0.2, 0.25) is 5.28 Å². The second-order valence-electron chi connectivity index (χ2n) is 3.78. The molecule has 1 heterocycles. The molecule has 0 radical (unpaired) electrons. The van der Waals surface area contributed by atoms with Crippen LogP contribution in [0.25, 0.3) is 0 Å². The van der Waals surface area contributed by atoms with Crippen LogP contribution in [-0.4, -0.2) is 9.97 Å². The monoisotopic (exact) mass is 251 g/mol. The van der Waals surface area contributed by atoms with Crippen molar-refractivity contribution in [2.45, 2.75) is 13.8 Å². The van der Waals surface area contributed by atoms with Crippen LogP contribution in [-0.2, 0) is 0 Å². The molecule has 1 aromatic heterocycles. The Morgan fingerprint density at radius 3 is 2.82 bits per heavy atom. The lowest BCUT2D eigenvalue weighted by Crippen LogP contribution is -2.00. The number of aromatic nitrogens is 2. The second kappa shape index (κ2) is 4.67. The number of rotatable bonds is 2. The van der Waals surface area contributed by atoms with E-state index in [2.05, 4.69) is 15.3 Å². The molecule has 1 N–H and O–H groups in total. The summed E-state index contributed by atoms with van der Waals surface area (Å²) in [7, 11) is 0. The number of nitrogens with zero attached hydrogens (tertiary/aromatic N) is 2. The van der Waals surface area contributed by atoms with Crippen LogP contribution < -0.4 is 5.32 Å². The normalized spacial score (nSPS) is 10.4. The molecule has 0 atom stereocenters. The number of halogens is 2. The molecule has 0 aliphatic rings. The number of anilines is 2. The van der Waals surface area contributed by atoms with Gasteiger partial charge in [0.05, 0.1) is 5.69 Å². The lowest BCUT2D eigenvalue weighted by molar-refractivity contribution is 0.631. The third-order valence-corrected chi connectivity index (χ3v) is 2.50. The maximum absolute atomic E-state index is 13.5. The van der Waals surface area contributed by atoms with E-state index in [9.17, 15) is 4.39 Å². The number of hydrogen-bond donors (Lipinski definition) is 1. The van der Waals surface area contributed by atoms with Gasteiger partial charge in [0.1, 0.15) is 11.6 Å². The van der Waals surface area contributed by atoms with Crippen molar-refractivity contribution < 1.29 is 4.39 Å². The summed E-state index contributed by atoms with van der Waals surface area (Å²) < 4.78 is 13.5. The summed E-state index contributed by atoms with van der Waals surface area (Å²) in [5.74, 6) is 0.180. The van der Waals surface area contributed by atoms with E-state index in [0.717, 1.165) is 11.1 Å². The fraction of sp³-hybridized carbons (Fsp3) is 0.167. The highest BCUT2D eigenvalue weighted by atomic mass is 35.5. The molecule has 1 aromatic carbocycles. The predicted molar refractivity (Wildman–Crippen MR) is 66.2 cm³/mol. The van der Waals surface area contributed by atoms with Gasteiger partial charge in [0, 0.05) is 11.8 Å². The van der Waals surface area contributed by atoms with Gasteiger partial charge in [-0.2, -0.15) is 0 Å². The molecule has 17 heavy (non-hydrogen) atoms. The van der Waals surface area contributed by atoms with E-state index in [1.807, 2.05) is 13.8 Å². The van der Waals surface area contributed by atoms with Crippen LogP contribution in [0.1, 0.15) is 11.1 Å². The lowest BCUT2D eigenvalue weighted by Gasteiger charge is -2.09. The van der Waals surface area contributed by atoms with Crippen LogP contribution in [0.4, 0.5) is 15.9 Å². The Morgan fingerprint density at radius 2 is 2.06 bits per heavy atom. The highest BCUT2D eigenvalue weighted by molar-refractivity contribution is 6.28. The summed E-state index contributed by atoms with van der Waals surface area (Å²) in [6, 6.07) is 4.83. The van der Waals surface area contributed by atoms with Gasteiger partial charge in [-0.3, -0.25) is 0 Å². The first-order chi connectivity index (χ1) is 8.06. The SMILES string of the molecule is Cc1ccc(F)c(Nc2nc(Cl)ncc2C)c1. The number of benzene rings is 1. The maximum Gasteiger partial charge on any atom is 0.224 e. The molecule has 0 saturated heterocycles. The first-order valence-corrected chi connectivity index (χ1v) is 5.46. The molecule has 0 amide bonds. The van der Waals surface area contributed by atoms with E-state index in [0.29, 0.717) is 11.5 Å². The summed E-state index contributed by atoms with van der Waals surface area (Å²) in [5.41, 5.74) is 2.14. The molecule has 0 aliphatic carbocycles. The van der Waals surface area contributed by atoms with Gasteiger partial charge in [0.25, 0.3) is 0 Å². The smallest absolute Gasteiger partial charge is 0.224 e. The standard InChI is InChI=1S/C12H11ClFN3/c1-7-3-4-9(14)10(5-7)16-11-8(2)6-15-12(13)17-11/h3-6H,1-2H3,(H,15,16,17). The summed E-state index contributed by atoms with van der Waals surface area (Å²) in [4.78, 5) is 7.86. The van der Waals surface area contributed by atoms with Crippen molar-refractivity contribution in [3.8, 4) is 0 Å². The average Bonchev–Trinajstić information content (AvgIpc) is 2.28. The minimum absolute atomic E-state index is 0.131. The van der Waals surface area contributed by atoms with Crippen molar-refractivity contribution in [2.24, 2.45) is 0 Å². The van der Waals surface area contributed by atoms with Crippen molar-refractivity contribution in [2.75, 3.05) is 5.32 Å². The van der Waals surface area contributed by atoms with Crippen LogP contribution in [0.3, 0.4) is 0 Å². The van der Waals surface area contributed by atoms with Crippen molar-refractivity contribution in [1.82, 2.24) is 9.97 Å². The van der Waals surface area contributed by atoms with E-state index in [4.69, 9.17) is 11.6 Å². The zero-order chi connectivity index (χ0) is 12.4. The molecule has 3 nitrogen and oxygen atoms in total. The van der Waals surface area contributed by atoms with Crippen molar-refractivity contribution >= 4 is 23.1 Å². The molecular formula is C12H11ClFN3. The van der Waals surface area contributed by atoms with E-state index < -0.39 is 0 Å². The topological polar surface area (TPSA) is 37.8 Å². The van der Waals surface area contributed by atoms with Gasteiger partial charge in [-0.1, -0.05) is 6.07 Å². The van der Waals surface area contributed by atoms with Crippen molar-refractivity contribution in [1.29, 1.82) is 0 Å². The summed E-state index contributed by atoms with van der Waals surface area (Å²) in [6.45, 7) is 3.72. The predicted octanol–water partition coefficient (Wildman–Crippen LogP) is 3.63. The summed E-state index contributed by atoms with van der Waals surface area (Å²) >= 11 is 5.70. The molecule has 88 valence electrons. The van der Waals surface area contributed by atoms with E-state index >= 15 is 0 Å². The summed E-state index contributed by atoms with van der Waals surface area (Å²) in [5, 5.41) is 3.04. The lowest BCUT2D eigenvalue weighted by atomic mass is 10.2.